The molecule has 0 saturated heterocycles. The first-order valence-corrected chi connectivity index (χ1v) is 7.79. The summed E-state index contributed by atoms with van der Waals surface area (Å²) >= 11 is 0. The third kappa shape index (κ3) is 5.21. The van der Waals surface area contributed by atoms with Gasteiger partial charge in [-0.05, 0) is 50.0 Å². The van der Waals surface area contributed by atoms with E-state index < -0.39 is 25.0 Å². The van der Waals surface area contributed by atoms with Crippen molar-refractivity contribution in [2.75, 3.05) is 7.05 Å². The minimum atomic E-state index is -1.71. The number of nitrogens with zero attached hydrogens (tertiary/aromatic N) is 1. The number of likely N-dealkylation sites (N-methyl/N-ethyl adjacent to an activating group) is 1. The quantitative estimate of drug-likeness (QED) is 0.497. The average molecular weight is 332 g/mol. The summed E-state index contributed by atoms with van der Waals surface area (Å²) in [7, 11) is -0.217. The minimum Gasteiger partial charge on any atom is -0.426 e. The van der Waals surface area contributed by atoms with Gasteiger partial charge in [0.15, 0.2) is 0 Å². The number of carbonyl (C=O) groups excluding carboxylic acids is 2. The van der Waals surface area contributed by atoms with Crippen LogP contribution in [-0.4, -0.2) is 52.9 Å². The first kappa shape index (κ1) is 19.9. The fourth-order valence-corrected chi connectivity index (χ4v) is 2.23. The molecule has 0 saturated carbocycles. The molecule has 6 nitrogen and oxygen atoms in total. The predicted molar refractivity (Wildman–Crippen MR) is 94.2 cm³/mol. The molecule has 7 heteroatoms. The van der Waals surface area contributed by atoms with Gasteiger partial charge in [-0.2, -0.15) is 0 Å². The van der Waals surface area contributed by atoms with E-state index in [-0.39, 0.29) is 12.3 Å². The highest BCUT2D eigenvalue weighted by atomic mass is 16.4. The van der Waals surface area contributed by atoms with Crippen LogP contribution < -0.4 is 5.32 Å². The van der Waals surface area contributed by atoms with Crippen molar-refractivity contribution in [3.8, 4) is 0 Å². The Kier molecular flexibility index (Phi) is 7.19. The van der Waals surface area contributed by atoms with Gasteiger partial charge in [0.2, 0.25) is 11.8 Å². The second-order valence-corrected chi connectivity index (χ2v) is 5.98. The zero-order valence-corrected chi connectivity index (χ0v) is 14.6. The number of carbonyl (C=O) groups is 2. The van der Waals surface area contributed by atoms with Crippen LogP contribution in [0.3, 0.4) is 0 Å². The molecule has 24 heavy (non-hydrogen) atoms. The normalized spacial score (nSPS) is 12.9. The standard InChI is InChI=1S/C17H25BN2O4/c1-6-16(21)20(5)13(4)17(22)19-15(18(23)24)10-14-8-7-11(2)12(3)9-14/h6-9,13,15,23-24H,1,10H2,2-5H3,(H,19,22). The van der Waals surface area contributed by atoms with Gasteiger partial charge in [-0.1, -0.05) is 24.8 Å². The van der Waals surface area contributed by atoms with E-state index in [9.17, 15) is 19.6 Å². The van der Waals surface area contributed by atoms with Crippen molar-refractivity contribution < 1.29 is 19.6 Å². The molecule has 2 amide bonds. The van der Waals surface area contributed by atoms with E-state index in [2.05, 4.69) is 11.9 Å². The number of aryl methyl sites for hydroxylation is 2. The maximum atomic E-state index is 12.3. The summed E-state index contributed by atoms with van der Waals surface area (Å²) in [6.07, 6.45) is 1.40. The van der Waals surface area contributed by atoms with Crippen LogP contribution in [0.5, 0.6) is 0 Å². The average Bonchev–Trinajstić information content (AvgIpc) is 2.55. The SMILES string of the molecule is C=CC(=O)N(C)C(C)C(=O)NC(Cc1ccc(C)c(C)c1)B(O)O. The zero-order chi connectivity index (χ0) is 18.4. The van der Waals surface area contributed by atoms with Crippen LogP contribution in [0.2, 0.25) is 0 Å². The molecule has 130 valence electrons. The predicted octanol–water partition coefficient (Wildman–Crippen LogP) is 0.376. The molecule has 0 aliphatic carbocycles. The number of nitrogens with one attached hydrogen (secondary N) is 1. The maximum absolute atomic E-state index is 12.3. The van der Waals surface area contributed by atoms with E-state index in [1.54, 1.807) is 6.92 Å². The lowest BCUT2D eigenvalue weighted by molar-refractivity contribution is -0.135. The van der Waals surface area contributed by atoms with Gasteiger partial charge in [0, 0.05) is 7.05 Å². The molecule has 0 aliphatic heterocycles. The lowest BCUT2D eigenvalue weighted by Crippen LogP contribution is -2.54. The number of amides is 2. The van der Waals surface area contributed by atoms with Crippen LogP contribution >= 0.6 is 0 Å². The molecule has 3 N–H and O–H groups in total. The van der Waals surface area contributed by atoms with Crippen LogP contribution in [0, 0.1) is 13.8 Å². The van der Waals surface area contributed by atoms with E-state index in [1.807, 2.05) is 32.0 Å². The Balaban J connectivity index is 2.82. The summed E-state index contributed by atoms with van der Waals surface area (Å²) in [4.78, 5) is 25.1. The maximum Gasteiger partial charge on any atom is 0.475 e. The van der Waals surface area contributed by atoms with Crippen molar-refractivity contribution in [1.29, 1.82) is 0 Å². The zero-order valence-electron chi connectivity index (χ0n) is 14.6. The highest BCUT2D eigenvalue weighted by Gasteiger charge is 2.29. The number of hydrogen-bond donors (Lipinski definition) is 3. The summed E-state index contributed by atoms with van der Waals surface area (Å²) in [5.41, 5.74) is 3.12. The van der Waals surface area contributed by atoms with Crippen LogP contribution in [0.4, 0.5) is 0 Å². The summed E-state index contributed by atoms with van der Waals surface area (Å²) < 4.78 is 0. The van der Waals surface area contributed by atoms with Gasteiger partial charge in [-0.3, -0.25) is 9.59 Å². The molecule has 0 aliphatic rings. The monoisotopic (exact) mass is 332 g/mol. The van der Waals surface area contributed by atoms with Gasteiger partial charge in [-0.15, -0.1) is 0 Å². The summed E-state index contributed by atoms with van der Waals surface area (Å²) in [5, 5.41) is 21.7. The molecule has 0 radical (unpaired) electrons. The minimum absolute atomic E-state index is 0.274. The smallest absolute Gasteiger partial charge is 0.426 e. The second-order valence-electron chi connectivity index (χ2n) is 5.98. The Hall–Kier alpha value is -2.12. The highest BCUT2D eigenvalue weighted by Crippen LogP contribution is 2.12. The lowest BCUT2D eigenvalue weighted by Gasteiger charge is -2.26. The number of hydrogen-bond acceptors (Lipinski definition) is 4. The van der Waals surface area contributed by atoms with E-state index in [1.165, 1.54) is 11.9 Å². The van der Waals surface area contributed by atoms with Crippen LogP contribution in [0.15, 0.2) is 30.9 Å². The molecule has 0 heterocycles. The molecule has 0 fully saturated rings. The lowest BCUT2D eigenvalue weighted by atomic mass is 9.75. The van der Waals surface area contributed by atoms with E-state index in [4.69, 9.17) is 0 Å². The summed E-state index contributed by atoms with van der Waals surface area (Å²) in [6.45, 7) is 8.91. The fraction of sp³-hybridized carbons (Fsp3) is 0.412. The Bertz CT molecular complexity index is 619. The first-order valence-electron chi connectivity index (χ1n) is 7.79. The Labute approximate surface area is 143 Å². The topological polar surface area (TPSA) is 89.9 Å². The van der Waals surface area contributed by atoms with Crippen molar-refractivity contribution in [3.63, 3.8) is 0 Å². The number of rotatable bonds is 7. The Morgan fingerprint density at radius 1 is 1.33 bits per heavy atom. The summed E-state index contributed by atoms with van der Waals surface area (Å²) in [5.74, 6) is -1.71. The molecule has 2 atom stereocenters. The molecule has 0 spiro atoms. The van der Waals surface area contributed by atoms with Gasteiger partial charge >= 0.3 is 7.12 Å². The second kappa shape index (κ2) is 8.66. The fourth-order valence-electron chi connectivity index (χ4n) is 2.23. The molecular weight excluding hydrogens is 307 g/mol. The van der Waals surface area contributed by atoms with Crippen molar-refractivity contribution in [2.24, 2.45) is 0 Å². The third-order valence-corrected chi connectivity index (χ3v) is 4.20. The third-order valence-electron chi connectivity index (χ3n) is 4.20. The molecule has 1 aromatic carbocycles. The van der Waals surface area contributed by atoms with Crippen LogP contribution in [-0.2, 0) is 16.0 Å². The van der Waals surface area contributed by atoms with Crippen molar-refractivity contribution in [2.45, 2.75) is 39.2 Å². The Morgan fingerprint density at radius 3 is 2.46 bits per heavy atom. The molecule has 0 aromatic heterocycles. The van der Waals surface area contributed by atoms with Crippen LogP contribution in [0.1, 0.15) is 23.6 Å². The van der Waals surface area contributed by atoms with Crippen molar-refractivity contribution in [3.05, 3.63) is 47.5 Å². The van der Waals surface area contributed by atoms with Gasteiger partial charge in [-0.25, -0.2) is 0 Å². The van der Waals surface area contributed by atoms with Gasteiger partial charge in [0.25, 0.3) is 0 Å². The molecular formula is C17H25BN2O4. The van der Waals surface area contributed by atoms with E-state index in [0.717, 1.165) is 22.8 Å². The largest absolute Gasteiger partial charge is 0.475 e. The molecule has 1 rings (SSSR count). The van der Waals surface area contributed by atoms with E-state index >= 15 is 0 Å². The van der Waals surface area contributed by atoms with Crippen molar-refractivity contribution in [1.82, 2.24) is 10.2 Å². The van der Waals surface area contributed by atoms with E-state index in [0.29, 0.717) is 0 Å². The van der Waals surface area contributed by atoms with Gasteiger partial charge in [0.05, 0.1) is 5.94 Å². The Morgan fingerprint density at radius 2 is 1.96 bits per heavy atom. The van der Waals surface area contributed by atoms with Crippen LogP contribution in [0.25, 0.3) is 0 Å². The molecule has 1 aromatic rings. The number of benzene rings is 1. The molecule has 2 unspecified atom stereocenters. The molecule has 0 bridgehead atoms. The first-order chi connectivity index (χ1) is 11.2. The van der Waals surface area contributed by atoms with Crippen molar-refractivity contribution >= 4 is 18.9 Å². The van der Waals surface area contributed by atoms with Gasteiger partial charge < -0.3 is 20.3 Å². The summed E-state index contributed by atoms with van der Waals surface area (Å²) in [6, 6.07) is 5.04. The highest BCUT2D eigenvalue weighted by molar-refractivity contribution is 6.43. The van der Waals surface area contributed by atoms with Gasteiger partial charge in [0.1, 0.15) is 6.04 Å².